The summed E-state index contributed by atoms with van der Waals surface area (Å²) in [5.74, 6) is 1.75. The largest absolute Gasteiger partial charge is 0.306 e. The van der Waals surface area contributed by atoms with Crippen molar-refractivity contribution in [2.45, 2.75) is 66.8 Å². The van der Waals surface area contributed by atoms with E-state index in [9.17, 15) is 0 Å². The molecule has 2 rings (SSSR count). The lowest BCUT2D eigenvalue weighted by molar-refractivity contribution is 0.0131. The van der Waals surface area contributed by atoms with Crippen molar-refractivity contribution >= 4 is 0 Å². The van der Waals surface area contributed by atoms with Crippen LogP contribution in [-0.2, 0) is 0 Å². The summed E-state index contributed by atoms with van der Waals surface area (Å²) >= 11 is 0. The van der Waals surface area contributed by atoms with E-state index in [1.54, 1.807) is 0 Å². The van der Waals surface area contributed by atoms with Crippen LogP contribution in [0.3, 0.4) is 0 Å². The number of piperazine rings is 1. The highest BCUT2D eigenvalue weighted by atomic mass is 15.3. The highest BCUT2D eigenvalue weighted by Gasteiger charge is 2.38. The Labute approximate surface area is 158 Å². The van der Waals surface area contributed by atoms with Crippen molar-refractivity contribution in [1.82, 2.24) is 14.7 Å². The van der Waals surface area contributed by atoms with Gasteiger partial charge < -0.3 is 9.80 Å². The predicted molar refractivity (Wildman–Crippen MR) is 110 cm³/mol. The van der Waals surface area contributed by atoms with Crippen LogP contribution in [0.1, 0.15) is 60.8 Å². The zero-order chi connectivity index (χ0) is 18.8. The molecule has 3 atom stereocenters. The van der Waals surface area contributed by atoms with E-state index >= 15 is 0 Å². The summed E-state index contributed by atoms with van der Waals surface area (Å²) in [6.07, 6.45) is 4.14. The Balaban J connectivity index is 2.10. The molecule has 0 radical (unpaired) electrons. The quantitative estimate of drug-likeness (QED) is 0.757. The third kappa shape index (κ3) is 6.52. The molecule has 0 saturated carbocycles. The Bertz CT molecular complexity index is 398. The van der Waals surface area contributed by atoms with Crippen LogP contribution in [0.15, 0.2) is 0 Å². The first kappa shape index (κ1) is 21.2. The van der Waals surface area contributed by atoms with Crippen molar-refractivity contribution in [1.29, 1.82) is 0 Å². The van der Waals surface area contributed by atoms with Gasteiger partial charge in [0.25, 0.3) is 0 Å². The highest BCUT2D eigenvalue weighted by molar-refractivity contribution is 4.92. The molecule has 0 N–H and O–H groups in total. The maximum absolute atomic E-state index is 2.81. The summed E-state index contributed by atoms with van der Waals surface area (Å²) in [5.41, 5.74) is 0.808. The summed E-state index contributed by atoms with van der Waals surface area (Å²) in [4.78, 5) is 7.86. The molecule has 0 aromatic carbocycles. The summed E-state index contributed by atoms with van der Waals surface area (Å²) in [6, 6.07) is 0.708. The number of nitrogens with zero attached hydrogens (tertiary/aromatic N) is 3. The zero-order valence-electron chi connectivity index (χ0n) is 18.4. The Morgan fingerprint density at radius 1 is 0.800 bits per heavy atom. The topological polar surface area (TPSA) is 9.72 Å². The van der Waals surface area contributed by atoms with Crippen LogP contribution in [0.5, 0.6) is 0 Å². The fourth-order valence-corrected chi connectivity index (χ4v) is 5.06. The van der Waals surface area contributed by atoms with Gasteiger partial charge in [0.1, 0.15) is 0 Å². The monoisotopic (exact) mass is 351 g/mol. The molecule has 2 fully saturated rings. The third-order valence-corrected chi connectivity index (χ3v) is 6.47. The van der Waals surface area contributed by atoms with Crippen LogP contribution < -0.4 is 0 Å². The molecular formula is C22H45N3. The lowest BCUT2D eigenvalue weighted by Gasteiger charge is -2.48. The minimum atomic E-state index is 0.359. The number of likely N-dealkylation sites (N-methyl/N-ethyl adjacent to an activating group) is 1. The first-order valence-electron chi connectivity index (χ1n) is 10.6. The molecule has 25 heavy (non-hydrogen) atoms. The molecule has 3 nitrogen and oxygen atoms in total. The van der Waals surface area contributed by atoms with Gasteiger partial charge in [0, 0.05) is 38.8 Å². The average molecular weight is 352 g/mol. The van der Waals surface area contributed by atoms with E-state index in [-0.39, 0.29) is 0 Å². The van der Waals surface area contributed by atoms with Crippen molar-refractivity contribution in [3.05, 3.63) is 0 Å². The molecule has 148 valence electrons. The molecule has 2 saturated heterocycles. The number of hydrogen-bond donors (Lipinski definition) is 0. The Kier molecular flexibility index (Phi) is 7.01. The number of likely N-dealkylation sites (tertiary alicyclic amines) is 1. The minimum Gasteiger partial charge on any atom is -0.306 e. The molecule has 2 aliphatic rings. The first-order chi connectivity index (χ1) is 11.5. The normalized spacial score (nSPS) is 29.8. The van der Waals surface area contributed by atoms with Gasteiger partial charge in [-0.3, -0.25) is 4.90 Å². The van der Waals surface area contributed by atoms with Gasteiger partial charge in [-0.2, -0.15) is 0 Å². The lowest BCUT2D eigenvalue weighted by atomic mass is 9.70. The Hall–Kier alpha value is -0.120. The molecule has 3 unspecified atom stereocenters. The van der Waals surface area contributed by atoms with Crippen LogP contribution in [-0.4, -0.2) is 74.1 Å². The Morgan fingerprint density at radius 2 is 1.40 bits per heavy atom. The maximum Gasteiger partial charge on any atom is 0.0148 e. The molecule has 0 amide bonds. The van der Waals surface area contributed by atoms with Crippen molar-refractivity contribution in [3.8, 4) is 0 Å². The second kappa shape index (κ2) is 8.27. The molecule has 0 aromatic heterocycles. The Morgan fingerprint density at radius 3 is 1.92 bits per heavy atom. The van der Waals surface area contributed by atoms with Gasteiger partial charge in [-0.1, -0.05) is 41.5 Å². The smallest absolute Gasteiger partial charge is 0.0148 e. The average Bonchev–Trinajstić information content (AvgIpc) is 2.46. The summed E-state index contributed by atoms with van der Waals surface area (Å²) < 4.78 is 0. The second-order valence-corrected chi connectivity index (χ2v) is 11.3. The molecule has 0 spiro atoms. The summed E-state index contributed by atoms with van der Waals surface area (Å²) in [5, 5.41) is 0. The van der Waals surface area contributed by atoms with Crippen LogP contribution in [0, 0.1) is 22.7 Å². The molecule has 2 heterocycles. The van der Waals surface area contributed by atoms with Crippen molar-refractivity contribution in [2.75, 3.05) is 53.4 Å². The van der Waals surface area contributed by atoms with Crippen LogP contribution >= 0.6 is 0 Å². The molecule has 0 bridgehead atoms. The number of rotatable bonds is 4. The van der Waals surface area contributed by atoms with Gasteiger partial charge in [-0.15, -0.1) is 0 Å². The van der Waals surface area contributed by atoms with Crippen molar-refractivity contribution in [3.63, 3.8) is 0 Å². The number of hydrogen-bond acceptors (Lipinski definition) is 3. The van der Waals surface area contributed by atoms with E-state index in [0.717, 1.165) is 11.8 Å². The zero-order valence-corrected chi connectivity index (χ0v) is 18.4. The van der Waals surface area contributed by atoms with E-state index in [0.29, 0.717) is 16.9 Å². The SMILES string of the molecule is CN1CCN(C(CC2CN(C)CCC2CC(C)(C)C)C(C)(C)C)CC1. The molecule has 0 aromatic rings. The van der Waals surface area contributed by atoms with Crippen LogP contribution in [0.25, 0.3) is 0 Å². The summed E-state index contributed by atoms with van der Waals surface area (Å²) in [6.45, 7) is 22.1. The van der Waals surface area contributed by atoms with Crippen molar-refractivity contribution < 1.29 is 0 Å². The van der Waals surface area contributed by atoms with Crippen LogP contribution in [0.4, 0.5) is 0 Å². The first-order valence-corrected chi connectivity index (χ1v) is 10.6. The second-order valence-electron chi connectivity index (χ2n) is 11.3. The van der Waals surface area contributed by atoms with E-state index in [1.807, 2.05) is 0 Å². The van der Waals surface area contributed by atoms with Crippen molar-refractivity contribution in [2.24, 2.45) is 22.7 Å². The summed E-state index contributed by atoms with van der Waals surface area (Å²) in [7, 11) is 4.58. The predicted octanol–water partition coefficient (Wildman–Crippen LogP) is 4.04. The lowest BCUT2D eigenvalue weighted by Crippen LogP contribution is -2.54. The van der Waals surface area contributed by atoms with Crippen LogP contribution in [0.2, 0.25) is 0 Å². The van der Waals surface area contributed by atoms with Gasteiger partial charge in [0.2, 0.25) is 0 Å². The molecule has 2 aliphatic heterocycles. The molecule has 3 heteroatoms. The molecule has 0 aliphatic carbocycles. The fourth-order valence-electron chi connectivity index (χ4n) is 5.06. The van der Waals surface area contributed by atoms with E-state index in [4.69, 9.17) is 0 Å². The van der Waals surface area contributed by atoms with E-state index < -0.39 is 0 Å². The van der Waals surface area contributed by atoms with Gasteiger partial charge in [0.05, 0.1) is 0 Å². The fraction of sp³-hybridized carbons (Fsp3) is 1.00. The van der Waals surface area contributed by atoms with Gasteiger partial charge in [0.15, 0.2) is 0 Å². The van der Waals surface area contributed by atoms with E-state index in [2.05, 4.69) is 70.3 Å². The van der Waals surface area contributed by atoms with Gasteiger partial charge in [-0.25, -0.2) is 0 Å². The standard InChI is InChI=1S/C22H45N3/c1-21(2,3)16-18-9-10-24(8)17-19(18)15-20(22(4,5)6)25-13-11-23(7)12-14-25/h18-20H,9-17H2,1-8H3. The van der Waals surface area contributed by atoms with Gasteiger partial charge in [-0.05, 0) is 62.6 Å². The van der Waals surface area contributed by atoms with E-state index in [1.165, 1.54) is 58.5 Å². The maximum atomic E-state index is 2.81. The highest BCUT2D eigenvalue weighted by Crippen LogP contribution is 2.39. The minimum absolute atomic E-state index is 0.359. The molecular weight excluding hydrogens is 306 g/mol. The van der Waals surface area contributed by atoms with Gasteiger partial charge >= 0.3 is 0 Å². The third-order valence-electron chi connectivity index (χ3n) is 6.47. The number of piperidine rings is 1.